The van der Waals surface area contributed by atoms with Crippen molar-refractivity contribution in [3.8, 4) is 0 Å². The van der Waals surface area contributed by atoms with Crippen LogP contribution in [0.3, 0.4) is 0 Å². The van der Waals surface area contributed by atoms with Crippen LogP contribution in [0, 0.1) is 0 Å². The molecule has 0 saturated carbocycles. The molecule has 8 nitrogen and oxygen atoms in total. The second kappa shape index (κ2) is 8.10. The Bertz CT molecular complexity index is 412. The highest BCUT2D eigenvalue weighted by Gasteiger charge is 2.17. The zero-order chi connectivity index (χ0) is 14.3. The number of methoxy groups -OCH3 is 2. The molecule has 0 aliphatic rings. The summed E-state index contributed by atoms with van der Waals surface area (Å²) in [7, 11) is 3.11. The van der Waals surface area contributed by atoms with Crippen molar-refractivity contribution in [1.29, 1.82) is 0 Å². The number of aliphatic carboxylic acids is 1. The lowest BCUT2D eigenvalue weighted by molar-refractivity contribution is -0.133. The van der Waals surface area contributed by atoms with Gasteiger partial charge in [0.2, 0.25) is 0 Å². The van der Waals surface area contributed by atoms with Crippen molar-refractivity contribution in [2.24, 2.45) is 0 Å². The fraction of sp³-hybridized carbons (Fsp3) is 0.700. The quantitative estimate of drug-likeness (QED) is 0.592. The van der Waals surface area contributed by atoms with Gasteiger partial charge in [0, 0.05) is 14.2 Å². The zero-order valence-corrected chi connectivity index (χ0v) is 11.6. The maximum atomic E-state index is 10.6. The average Bonchev–Trinajstić information content (AvgIpc) is 2.77. The first-order valence-electron chi connectivity index (χ1n) is 5.51. The van der Waals surface area contributed by atoms with Crippen molar-refractivity contribution in [2.75, 3.05) is 26.6 Å². The van der Waals surface area contributed by atoms with Crippen LogP contribution in [0.2, 0.25) is 0 Å². The summed E-state index contributed by atoms with van der Waals surface area (Å²) in [5.41, 5.74) is 0. The summed E-state index contributed by atoms with van der Waals surface area (Å²) in [4.78, 5) is 10.6. The van der Waals surface area contributed by atoms with E-state index in [2.05, 4.69) is 10.2 Å². The van der Waals surface area contributed by atoms with Crippen LogP contribution >= 0.6 is 11.8 Å². The monoisotopic (exact) mass is 291 g/mol. The molecule has 0 bridgehead atoms. The molecule has 1 rings (SSSR count). The Hall–Kier alpha value is -1.16. The van der Waals surface area contributed by atoms with Crippen LogP contribution in [-0.2, 0) is 27.4 Å². The molecule has 1 unspecified atom stereocenters. The van der Waals surface area contributed by atoms with Gasteiger partial charge in [-0.25, -0.2) is 0 Å². The number of hydrogen-bond acceptors (Lipinski definition) is 7. The number of aliphatic hydroxyl groups excluding tert-OH is 1. The minimum atomic E-state index is -0.940. The molecule has 0 aromatic carbocycles. The number of aromatic nitrogens is 3. The number of carboxylic acids is 1. The lowest BCUT2D eigenvalue weighted by atomic mass is 10.3. The van der Waals surface area contributed by atoms with Gasteiger partial charge in [0.15, 0.2) is 11.0 Å². The number of nitrogens with zero attached hydrogens (tertiary/aromatic N) is 3. The number of thioether (sulfide) groups is 1. The smallest absolute Gasteiger partial charge is 0.313 e. The fourth-order valence-electron chi connectivity index (χ4n) is 1.44. The Kier molecular flexibility index (Phi) is 6.78. The highest BCUT2D eigenvalue weighted by molar-refractivity contribution is 7.99. The van der Waals surface area contributed by atoms with E-state index >= 15 is 0 Å². The lowest BCUT2D eigenvalue weighted by Crippen LogP contribution is -2.25. The first-order chi connectivity index (χ1) is 9.12. The number of hydrogen-bond donors (Lipinski definition) is 2. The minimum absolute atomic E-state index is 0.120. The maximum absolute atomic E-state index is 10.6. The molecule has 108 valence electrons. The highest BCUT2D eigenvalue weighted by atomic mass is 32.2. The van der Waals surface area contributed by atoms with E-state index in [1.807, 2.05) is 0 Å². The summed E-state index contributed by atoms with van der Waals surface area (Å²) < 4.78 is 11.9. The third-order valence-electron chi connectivity index (χ3n) is 2.33. The van der Waals surface area contributed by atoms with Gasteiger partial charge in [-0.3, -0.25) is 4.79 Å². The van der Waals surface area contributed by atoms with Crippen LogP contribution in [0.15, 0.2) is 5.16 Å². The topological polar surface area (TPSA) is 107 Å². The van der Waals surface area contributed by atoms with E-state index in [4.69, 9.17) is 14.6 Å². The largest absolute Gasteiger partial charge is 0.481 e. The van der Waals surface area contributed by atoms with E-state index in [0.29, 0.717) is 24.1 Å². The van der Waals surface area contributed by atoms with Gasteiger partial charge in [-0.15, -0.1) is 10.2 Å². The molecule has 0 amide bonds. The van der Waals surface area contributed by atoms with Crippen molar-refractivity contribution in [2.45, 2.75) is 24.4 Å². The summed E-state index contributed by atoms with van der Waals surface area (Å²) in [6, 6.07) is 0. The van der Waals surface area contributed by atoms with Crippen LogP contribution in [0.4, 0.5) is 0 Å². The molecule has 0 fully saturated rings. The number of carboxylic acid groups (broad SMARTS) is 1. The van der Waals surface area contributed by atoms with Crippen molar-refractivity contribution in [1.82, 2.24) is 14.8 Å². The Morgan fingerprint density at radius 3 is 2.74 bits per heavy atom. The van der Waals surface area contributed by atoms with Gasteiger partial charge in [0.25, 0.3) is 0 Å². The summed E-state index contributed by atoms with van der Waals surface area (Å²) in [6.07, 6.45) is -0.226. The Morgan fingerprint density at radius 1 is 1.47 bits per heavy atom. The first-order valence-corrected chi connectivity index (χ1v) is 6.50. The van der Waals surface area contributed by atoms with Crippen LogP contribution in [0.5, 0.6) is 0 Å². The van der Waals surface area contributed by atoms with E-state index in [1.54, 1.807) is 18.8 Å². The van der Waals surface area contributed by atoms with E-state index < -0.39 is 5.97 Å². The third kappa shape index (κ3) is 4.78. The van der Waals surface area contributed by atoms with Gasteiger partial charge in [0.05, 0.1) is 25.0 Å². The predicted octanol–water partition coefficient (Wildman–Crippen LogP) is -0.392. The number of rotatable bonds is 9. The highest BCUT2D eigenvalue weighted by Crippen LogP contribution is 2.18. The van der Waals surface area contributed by atoms with Crippen molar-refractivity contribution in [3.63, 3.8) is 0 Å². The number of carbonyl (C=O) groups is 1. The standard InChI is InChI=1S/C10H17N3O5S/c1-17-5-7(18-2)3-13-8(4-14)11-12-10(13)19-6-9(15)16/h7,14H,3-6H2,1-2H3,(H,15,16). The average molecular weight is 291 g/mol. The van der Waals surface area contributed by atoms with Gasteiger partial charge in [-0.1, -0.05) is 11.8 Å². The Morgan fingerprint density at radius 2 is 2.21 bits per heavy atom. The zero-order valence-electron chi connectivity index (χ0n) is 10.8. The van der Waals surface area contributed by atoms with Crippen molar-refractivity contribution >= 4 is 17.7 Å². The normalized spacial score (nSPS) is 12.6. The van der Waals surface area contributed by atoms with Gasteiger partial charge in [0.1, 0.15) is 6.61 Å². The molecule has 0 aliphatic carbocycles. The van der Waals surface area contributed by atoms with E-state index in [-0.39, 0.29) is 18.5 Å². The molecule has 1 atom stereocenters. The fourth-order valence-corrected chi connectivity index (χ4v) is 2.12. The molecule has 2 N–H and O–H groups in total. The molecular formula is C10H17N3O5S. The second-order valence-corrected chi connectivity index (χ2v) is 4.61. The lowest BCUT2D eigenvalue weighted by Gasteiger charge is -2.17. The van der Waals surface area contributed by atoms with Crippen LogP contribution in [0.1, 0.15) is 5.82 Å². The van der Waals surface area contributed by atoms with Gasteiger partial charge >= 0.3 is 5.97 Å². The summed E-state index contributed by atoms with van der Waals surface area (Å²) in [5, 5.41) is 26.0. The van der Waals surface area contributed by atoms with Crippen LogP contribution in [-0.4, -0.2) is 63.6 Å². The maximum Gasteiger partial charge on any atom is 0.313 e. The Balaban J connectivity index is 2.82. The molecule has 0 saturated heterocycles. The molecule has 0 spiro atoms. The number of ether oxygens (including phenoxy) is 2. The molecule has 0 radical (unpaired) electrons. The molecule has 0 aliphatic heterocycles. The molecule has 1 heterocycles. The van der Waals surface area contributed by atoms with E-state index in [9.17, 15) is 9.90 Å². The molecule has 19 heavy (non-hydrogen) atoms. The van der Waals surface area contributed by atoms with E-state index in [0.717, 1.165) is 11.8 Å². The van der Waals surface area contributed by atoms with Gasteiger partial charge in [-0.05, 0) is 0 Å². The molecule has 1 aromatic rings. The van der Waals surface area contributed by atoms with E-state index in [1.165, 1.54) is 0 Å². The van der Waals surface area contributed by atoms with Crippen molar-refractivity contribution < 1.29 is 24.5 Å². The molecule has 1 aromatic heterocycles. The second-order valence-electron chi connectivity index (χ2n) is 3.66. The summed E-state index contributed by atoms with van der Waals surface area (Å²) in [6.45, 7) is 0.488. The van der Waals surface area contributed by atoms with Crippen molar-refractivity contribution in [3.05, 3.63) is 5.82 Å². The number of aliphatic hydroxyl groups is 1. The summed E-state index contributed by atoms with van der Waals surface area (Å²) >= 11 is 1.04. The first kappa shape index (κ1) is 15.9. The summed E-state index contributed by atoms with van der Waals surface area (Å²) in [5.74, 6) is -0.692. The molecule has 9 heteroatoms. The van der Waals surface area contributed by atoms with Crippen LogP contribution < -0.4 is 0 Å². The predicted molar refractivity (Wildman–Crippen MR) is 67.0 cm³/mol. The van der Waals surface area contributed by atoms with Gasteiger partial charge in [-0.2, -0.15) is 0 Å². The minimum Gasteiger partial charge on any atom is -0.481 e. The van der Waals surface area contributed by atoms with Crippen LogP contribution in [0.25, 0.3) is 0 Å². The Labute approximate surface area is 114 Å². The SMILES string of the molecule is COCC(Cn1c(CO)nnc1SCC(=O)O)OC. The third-order valence-corrected chi connectivity index (χ3v) is 3.28. The van der Waals surface area contributed by atoms with Gasteiger partial charge < -0.3 is 24.3 Å². The molecular weight excluding hydrogens is 274 g/mol.